The fourth-order valence-electron chi connectivity index (χ4n) is 5.64. The lowest BCUT2D eigenvalue weighted by molar-refractivity contribution is -0.154. The van der Waals surface area contributed by atoms with Crippen LogP contribution in [0.2, 0.25) is 0 Å². The largest absolute Gasteiger partial charge is 0.472 e. The van der Waals surface area contributed by atoms with Gasteiger partial charge in [0, 0.05) is 19.6 Å². The maximum Gasteiger partial charge on any atom is 0.472 e. The Morgan fingerprint density at radius 2 is 0.957 bits per heavy atom. The molecule has 8 nitrogen and oxygen atoms in total. The van der Waals surface area contributed by atoms with Crippen LogP contribution in [0.4, 0.5) is 0 Å². The van der Waals surface area contributed by atoms with Gasteiger partial charge in [0.25, 0.3) is 0 Å². The van der Waals surface area contributed by atoms with Crippen molar-refractivity contribution in [2.24, 2.45) is 5.73 Å². The van der Waals surface area contributed by atoms with Crippen LogP contribution in [0, 0.1) is 0 Å². The minimum atomic E-state index is -4.26. The van der Waals surface area contributed by atoms with E-state index in [1.54, 1.807) is 0 Å². The third kappa shape index (κ3) is 34.8. The fourth-order valence-corrected chi connectivity index (χ4v) is 6.41. The molecule has 0 aliphatic rings. The Morgan fingerprint density at radius 3 is 1.37 bits per heavy atom. The van der Waals surface area contributed by atoms with Crippen molar-refractivity contribution in [2.45, 2.75) is 200 Å². The van der Waals surface area contributed by atoms with Crippen LogP contribution in [0.15, 0.2) is 0 Å². The molecule has 0 fully saturated rings. The number of esters is 1. The molecule has 276 valence electrons. The van der Waals surface area contributed by atoms with Crippen LogP contribution in [-0.2, 0) is 27.9 Å². The summed E-state index contributed by atoms with van der Waals surface area (Å²) >= 11 is 0. The van der Waals surface area contributed by atoms with E-state index in [2.05, 4.69) is 13.8 Å². The molecule has 0 spiro atoms. The minimum absolute atomic E-state index is 0.0904. The van der Waals surface area contributed by atoms with Crippen molar-refractivity contribution in [1.29, 1.82) is 0 Å². The van der Waals surface area contributed by atoms with Crippen LogP contribution in [-0.4, -0.2) is 49.9 Å². The van der Waals surface area contributed by atoms with Crippen molar-refractivity contribution in [2.75, 3.05) is 33.0 Å². The molecule has 0 radical (unpaired) electrons. The Labute approximate surface area is 284 Å². The molecule has 0 bridgehead atoms. The van der Waals surface area contributed by atoms with E-state index in [-0.39, 0.29) is 32.3 Å². The Hall–Kier alpha value is -0.500. The summed E-state index contributed by atoms with van der Waals surface area (Å²) in [6.45, 7) is 4.96. The van der Waals surface area contributed by atoms with Gasteiger partial charge in [-0.3, -0.25) is 13.8 Å². The van der Waals surface area contributed by atoms with Crippen molar-refractivity contribution in [1.82, 2.24) is 0 Å². The van der Waals surface area contributed by atoms with Gasteiger partial charge in [-0.1, -0.05) is 174 Å². The summed E-state index contributed by atoms with van der Waals surface area (Å²) in [6, 6.07) is 0. The predicted molar refractivity (Wildman–Crippen MR) is 192 cm³/mol. The number of rotatable bonds is 38. The van der Waals surface area contributed by atoms with Gasteiger partial charge in [0.05, 0.1) is 19.8 Å². The quantitative estimate of drug-likeness (QED) is 0.0377. The van der Waals surface area contributed by atoms with Crippen molar-refractivity contribution in [3.63, 3.8) is 0 Å². The second kappa shape index (κ2) is 35.8. The zero-order chi connectivity index (χ0) is 33.8. The number of hydrogen-bond acceptors (Lipinski definition) is 7. The Morgan fingerprint density at radius 1 is 0.565 bits per heavy atom. The van der Waals surface area contributed by atoms with Crippen LogP contribution in [0.25, 0.3) is 0 Å². The maximum atomic E-state index is 12.5. The van der Waals surface area contributed by atoms with Crippen LogP contribution in [0.5, 0.6) is 0 Å². The monoisotopic (exact) mass is 678 g/mol. The van der Waals surface area contributed by atoms with E-state index in [4.69, 9.17) is 24.3 Å². The van der Waals surface area contributed by atoms with Gasteiger partial charge < -0.3 is 20.1 Å². The molecule has 0 aromatic rings. The highest BCUT2D eigenvalue weighted by Gasteiger charge is 2.25. The molecule has 3 N–H and O–H groups in total. The molecule has 9 heteroatoms. The summed E-state index contributed by atoms with van der Waals surface area (Å²) in [4.78, 5) is 22.4. The second-order valence-corrected chi connectivity index (χ2v) is 14.6. The zero-order valence-corrected chi connectivity index (χ0v) is 31.2. The molecule has 0 rings (SSSR count). The summed E-state index contributed by atoms with van der Waals surface area (Å²) in [6.07, 6.45) is 33.9. The number of phosphoric acid groups is 1. The van der Waals surface area contributed by atoms with Crippen LogP contribution >= 0.6 is 7.82 Å². The number of carbonyl (C=O) groups excluding carboxylic acids is 1. The molecule has 0 saturated heterocycles. The highest BCUT2D eigenvalue weighted by Crippen LogP contribution is 2.43. The molecular weight excluding hydrogens is 601 g/mol. The molecule has 0 aromatic carbocycles. The molecule has 46 heavy (non-hydrogen) atoms. The summed E-state index contributed by atoms with van der Waals surface area (Å²) in [7, 11) is -4.26. The SMILES string of the molecule is CCCCCCCCCCCCCCCCOC[C@H](COP(=O)(O)OCCN)OC(=O)CCCCCCCCCCCCCCC. The normalized spacial score (nSPS) is 13.6. The fraction of sp³-hybridized carbons (Fsp3) is 0.973. The lowest BCUT2D eigenvalue weighted by atomic mass is 10.0. The van der Waals surface area contributed by atoms with Gasteiger partial charge in [-0.15, -0.1) is 0 Å². The highest BCUT2D eigenvalue weighted by molar-refractivity contribution is 7.47. The Kier molecular flexibility index (Phi) is 35.4. The van der Waals surface area contributed by atoms with E-state index in [1.807, 2.05) is 0 Å². The van der Waals surface area contributed by atoms with E-state index >= 15 is 0 Å². The number of nitrogens with two attached hydrogens (primary N) is 1. The van der Waals surface area contributed by atoms with E-state index in [0.717, 1.165) is 32.1 Å². The van der Waals surface area contributed by atoms with Gasteiger partial charge in [0.15, 0.2) is 0 Å². The molecule has 0 aliphatic carbocycles. The molecule has 1 unspecified atom stereocenters. The van der Waals surface area contributed by atoms with E-state index in [1.165, 1.54) is 141 Å². The number of phosphoric ester groups is 1. The summed E-state index contributed by atoms with van der Waals surface area (Å²) in [5.41, 5.74) is 5.35. The summed E-state index contributed by atoms with van der Waals surface area (Å²) in [5.74, 6) is -0.326. The first kappa shape index (κ1) is 45.5. The molecule has 0 amide bonds. The number of carbonyl (C=O) groups is 1. The van der Waals surface area contributed by atoms with Gasteiger partial charge in [-0.25, -0.2) is 4.57 Å². The van der Waals surface area contributed by atoms with Crippen LogP contribution < -0.4 is 5.73 Å². The van der Waals surface area contributed by atoms with Crippen molar-refractivity contribution >= 4 is 13.8 Å². The number of unbranched alkanes of at least 4 members (excludes halogenated alkanes) is 25. The van der Waals surface area contributed by atoms with Gasteiger partial charge >= 0.3 is 13.8 Å². The smallest absolute Gasteiger partial charge is 0.457 e. The molecule has 0 saturated carbocycles. The molecule has 0 aromatic heterocycles. The zero-order valence-electron chi connectivity index (χ0n) is 30.3. The maximum absolute atomic E-state index is 12.5. The number of hydrogen-bond donors (Lipinski definition) is 2. The van der Waals surface area contributed by atoms with E-state index in [0.29, 0.717) is 13.0 Å². The first-order chi connectivity index (χ1) is 22.4. The van der Waals surface area contributed by atoms with Gasteiger partial charge in [0.2, 0.25) is 0 Å². The minimum Gasteiger partial charge on any atom is -0.457 e. The van der Waals surface area contributed by atoms with Crippen LogP contribution in [0.3, 0.4) is 0 Å². The average Bonchev–Trinajstić information content (AvgIpc) is 3.04. The second-order valence-electron chi connectivity index (χ2n) is 13.2. The molecular formula is C37H76NO7P. The lowest BCUT2D eigenvalue weighted by Crippen LogP contribution is -2.28. The predicted octanol–water partition coefficient (Wildman–Crippen LogP) is 11.0. The van der Waals surface area contributed by atoms with Crippen LogP contribution in [0.1, 0.15) is 194 Å². The third-order valence-corrected chi connectivity index (χ3v) is 9.51. The van der Waals surface area contributed by atoms with Gasteiger partial charge in [-0.2, -0.15) is 0 Å². The highest BCUT2D eigenvalue weighted by atomic mass is 31.2. The lowest BCUT2D eigenvalue weighted by Gasteiger charge is -2.20. The molecule has 0 aliphatic heterocycles. The van der Waals surface area contributed by atoms with E-state index in [9.17, 15) is 14.3 Å². The first-order valence-electron chi connectivity index (χ1n) is 19.5. The van der Waals surface area contributed by atoms with Crippen molar-refractivity contribution in [3.05, 3.63) is 0 Å². The first-order valence-corrected chi connectivity index (χ1v) is 21.0. The summed E-state index contributed by atoms with van der Waals surface area (Å²) < 4.78 is 33.3. The Balaban J connectivity index is 4.04. The Bertz CT molecular complexity index is 682. The summed E-state index contributed by atoms with van der Waals surface area (Å²) in [5, 5.41) is 0. The average molecular weight is 678 g/mol. The van der Waals surface area contributed by atoms with Crippen molar-refractivity contribution < 1.29 is 32.8 Å². The topological polar surface area (TPSA) is 117 Å². The molecule has 0 heterocycles. The molecule has 2 atom stereocenters. The third-order valence-electron chi connectivity index (χ3n) is 8.52. The van der Waals surface area contributed by atoms with E-state index < -0.39 is 13.9 Å². The number of ether oxygens (including phenoxy) is 2. The van der Waals surface area contributed by atoms with Gasteiger partial charge in [0.1, 0.15) is 6.10 Å². The van der Waals surface area contributed by atoms with Gasteiger partial charge in [-0.05, 0) is 12.8 Å². The van der Waals surface area contributed by atoms with Crippen molar-refractivity contribution in [3.8, 4) is 0 Å². The standard InChI is InChI=1S/C37H76NO7P/c1-3-5-7-9-11-13-15-17-19-21-23-25-27-29-32-42-34-36(35-44-46(40,41)43-33-31-38)45-37(39)30-28-26-24-22-20-18-16-14-12-10-8-6-4-2/h36H,3-35,38H2,1-2H3,(H,40,41)/t36-/m1/s1.